The highest BCUT2D eigenvalue weighted by atomic mass is 35.5. The second-order valence-corrected chi connectivity index (χ2v) is 5.99. The molecule has 0 atom stereocenters. The molecule has 110 valence electrons. The zero-order valence-corrected chi connectivity index (χ0v) is 12.2. The number of rotatable bonds is 8. The highest BCUT2D eigenvalue weighted by molar-refractivity contribution is 7.89. The molecule has 1 aromatic carbocycles. The number of nitrogens with zero attached hydrogens (tertiary/aromatic N) is 1. The Kier molecular flexibility index (Phi) is 6.91. The summed E-state index contributed by atoms with van der Waals surface area (Å²) in [5, 5.41) is 17.3. The first-order valence-corrected chi connectivity index (χ1v) is 7.75. The summed E-state index contributed by atoms with van der Waals surface area (Å²) in [7, 11) is -3.75. The highest BCUT2D eigenvalue weighted by Gasteiger charge is 2.17. The fourth-order valence-electron chi connectivity index (χ4n) is 1.40. The number of benzene rings is 1. The van der Waals surface area contributed by atoms with Crippen molar-refractivity contribution in [3.8, 4) is 6.07 Å². The van der Waals surface area contributed by atoms with Crippen molar-refractivity contribution < 1.29 is 18.3 Å². The Bertz CT molecular complexity index is 584. The van der Waals surface area contributed by atoms with Crippen molar-refractivity contribution in [1.29, 1.82) is 5.26 Å². The van der Waals surface area contributed by atoms with Crippen molar-refractivity contribution in [3.63, 3.8) is 0 Å². The molecule has 0 bridgehead atoms. The van der Waals surface area contributed by atoms with Gasteiger partial charge in [-0.05, 0) is 24.6 Å². The van der Waals surface area contributed by atoms with Gasteiger partial charge in [0.15, 0.2) is 0 Å². The molecule has 2 N–H and O–H groups in total. The van der Waals surface area contributed by atoms with Gasteiger partial charge in [-0.1, -0.05) is 11.6 Å². The molecule has 20 heavy (non-hydrogen) atoms. The SMILES string of the molecule is N#Cc1ccc(Cl)c(S(=O)(=O)NCCCOCCO)c1. The van der Waals surface area contributed by atoms with Crippen LogP contribution < -0.4 is 4.72 Å². The van der Waals surface area contributed by atoms with E-state index >= 15 is 0 Å². The van der Waals surface area contributed by atoms with Gasteiger partial charge in [0.2, 0.25) is 10.0 Å². The summed E-state index contributed by atoms with van der Waals surface area (Å²) in [4.78, 5) is -0.116. The zero-order valence-electron chi connectivity index (χ0n) is 10.7. The molecule has 1 aromatic rings. The van der Waals surface area contributed by atoms with E-state index in [1.807, 2.05) is 6.07 Å². The van der Waals surface area contributed by atoms with Crippen LogP contribution in [-0.2, 0) is 14.8 Å². The minimum Gasteiger partial charge on any atom is -0.394 e. The van der Waals surface area contributed by atoms with E-state index in [2.05, 4.69) is 4.72 Å². The number of hydrogen-bond acceptors (Lipinski definition) is 5. The number of sulfonamides is 1. The van der Waals surface area contributed by atoms with Crippen molar-refractivity contribution in [1.82, 2.24) is 4.72 Å². The minimum absolute atomic E-state index is 0.0630. The van der Waals surface area contributed by atoms with Crippen molar-refractivity contribution in [2.75, 3.05) is 26.4 Å². The first kappa shape index (κ1) is 16.9. The first-order valence-electron chi connectivity index (χ1n) is 5.89. The Morgan fingerprint density at radius 2 is 2.15 bits per heavy atom. The van der Waals surface area contributed by atoms with Gasteiger partial charge in [0.05, 0.1) is 29.9 Å². The number of ether oxygens (including phenoxy) is 1. The number of hydrogen-bond donors (Lipinski definition) is 2. The van der Waals surface area contributed by atoms with Gasteiger partial charge in [0.1, 0.15) is 4.90 Å². The summed E-state index contributed by atoms with van der Waals surface area (Å²) in [6, 6.07) is 5.91. The average molecular weight is 319 g/mol. The second-order valence-electron chi connectivity index (χ2n) is 3.84. The largest absolute Gasteiger partial charge is 0.394 e. The molecule has 0 aliphatic heterocycles. The average Bonchev–Trinajstić information content (AvgIpc) is 2.43. The Morgan fingerprint density at radius 3 is 2.80 bits per heavy atom. The lowest BCUT2D eigenvalue weighted by atomic mass is 10.2. The molecule has 0 saturated heterocycles. The number of aliphatic hydroxyl groups excluding tert-OH is 1. The van der Waals surface area contributed by atoms with E-state index in [1.165, 1.54) is 18.2 Å². The molecule has 1 rings (SSSR count). The van der Waals surface area contributed by atoms with E-state index < -0.39 is 10.0 Å². The van der Waals surface area contributed by atoms with Gasteiger partial charge in [-0.15, -0.1) is 0 Å². The van der Waals surface area contributed by atoms with Crippen LogP contribution >= 0.6 is 11.6 Å². The molecule has 0 unspecified atom stereocenters. The van der Waals surface area contributed by atoms with E-state index in [1.54, 1.807) is 0 Å². The molecule has 0 spiro atoms. The molecule has 6 nitrogen and oxygen atoms in total. The zero-order chi connectivity index (χ0) is 15.0. The van der Waals surface area contributed by atoms with E-state index in [-0.39, 0.29) is 35.2 Å². The van der Waals surface area contributed by atoms with Gasteiger partial charge in [-0.2, -0.15) is 5.26 Å². The summed E-state index contributed by atoms with van der Waals surface area (Å²) in [5.41, 5.74) is 0.223. The molecule has 0 aliphatic rings. The van der Waals surface area contributed by atoms with E-state index in [4.69, 9.17) is 26.7 Å². The Labute approximate surface area is 123 Å². The Hall–Kier alpha value is -1.17. The molecular formula is C12H15ClN2O4S. The molecule has 0 heterocycles. The van der Waals surface area contributed by atoms with Crippen molar-refractivity contribution in [2.45, 2.75) is 11.3 Å². The van der Waals surface area contributed by atoms with Crippen LogP contribution in [0.4, 0.5) is 0 Å². The fourth-order valence-corrected chi connectivity index (χ4v) is 3.00. The number of nitrogens with one attached hydrogen (secondary N) is 1. The Balaban J connectivity index is 2.63. The van der Waals surface area contributed by atoms with E-state index in [0.717, 1.165) is 0 Å². The van der Waals surface area contributed by atoms with E-state index in [9.17, 15) is 8.42 Å². The van der Waals surface area contributed by atoms with Crippen LogP contribution in [0.1, 0.15) is 12.0 Å². The second kappa shape index (κ2) is 8.19. The van der Waals surface area contributed by atoms with Crippen LogP contribution in [0, 0.1) is 11.3 Å². The lowest BCUT2D eigenvalue weighted by Crippen LogP contribution is -2.26. The maximum atomic E-state index is 12.0. The fraction of sp³-hybridized carbons (Fsp3) is 0.417. The van der Waals surface area contributed by atoms with Gasteiger partial charge in [-0.3, -0.25) is 0 Å². The molecule has 0 radical (unpaired) electrons. The lowest BCUT2D eigenvalue weighted by Gasteiger charge is -2.08. The van der Waals surface area contributed by atoms with Gasteiger partial charge >= 0.3 is 0 Å². The van der Waals surface area contributed by atoms with Crippen LogP contribution in [0.25, 0.3) is 0 Å². The molecule has 0 fully saturated rings. The van der Waals surface area contributed by atoms with E-state index in [0.29, 0.717) is 13.0 Å². The monoisotopic (exact) mass is 318 g/mol. The normalized spacial score (nSPS) is 11.2. The number of nitriles is 1. The lowest BCUT2D eigenvalue weighted by molar-refractivity contribution is 0.0913. The first-order chi connectivity index (χ1) is 9.51. The third-order valence-corrected chi connectivity index (χ3v) is 4.29. The summed E-state index contributed by atoms with van der Waals surface area (Å²) < 4.78 is 31.4. The quantitative estimate of drug-likeness (QED) is 0.693. The third-order valence-electron chi connectivity index (χ3n) is 2.34. The number of aliphatic hydroxyl groups is 1. The van der Waals surface area contributed by atoms with Gasteiger partial charge in [0.25, 0.3) is 0 Å². The predicted octanol–water partition coefficient (Wildman–Crippen LogP) is 0.889. The summed E-state index contributed by atoms with van der Waals surface area (Å²) >= 11 is 5.84. The van der Waals surface area contributed by atoms with Crippen molar-refractivity contribution >= 4 is 21.6 Å². The van der Waals surface area contributed by atoms with Crippen LogP contribution in [0.3, 0.4) is 0 Å². The summed E-state index contributed by atoms with van der Waals surface area (Å²) in [5.74, 6) is 0. The van der Waals surface area contributed by atoms with Gasteiger partial charge in [-0.25, -0.2) is 13.1 Å². The topological polar surface area (TPSA) is 99.4 Å². The van der Waals surface area contributed by atoms with Crippen LogP contribution in [-0.4, -0.2) is 39.9 Å². The van der Waals surface area contributed by atoms with Crippen LogP contribution in [0.2, 0.25) is 5.02 Å². The van der Waals surface area contributed by atoms with Crippen LogP contribution in [0.15, 0.2) is 23.1 Å². The van der Waals surface area contributed by atoms with Crippen molar-refractivity contribution in [2.24, 2.45) is 0 Å². The van der Waals surface area contributed by atoms with Gasteiger partial charge < -0.3 is 9.84 Å². The maximum absolute atomic E-state index is 12.0. The molecule has 0 aromatic heterocycles. The third kappa shape index (κ3) is 5.07. The molecule has 0 amide bonds. The standard InChI is InChI=1S/C12H15ClN2O4S/c13-11-3-2-10(9-14)8-12(11)20(17,18)15-4-1-6-19-7-5-16/h2-3,8,15-16H,1,4-7H2. The van der Waals surface area contributed by atoms with Gasteiger partial charge in [0, 0.05) is 13.2 Å². The molecular weight excluding hydrogens is 304 g/mol. The van der Waals surface area contributed by atoms with Crippen molar-refractivity contribution in [3.05, 3.63) is 28.8 Å². The van der Waals surface area contributed by atoms with Crippen LogP contribution in [0.5, 0.6) is 0 Å². The molecule has 0 aliphatic carbocycles. The summed E-state index contributed by atoms with van der Waals surface area (Å²) in [6.07, 6.45) is 0.467. The highest BCUT2D eigenvalue weighted by Crippen LogP contribution is 2.22. The minimum atomic E-state index is -3.75. The maximum Gasteiger partial charge on any atom is 0.242 e. The summed E-state index contributed by atoms with van der Waals surface area (Å²) in [6.45, 7) is 0.682. The Morgan fingerprint density at radius 1 is 1.40 bits per heavy atom. The molecule has 0 saturated carbocycles. The number of halogens is 1. The molecule has 8 heteroatoms. The smallest absolute Gasteiger partial charge is 0.242 e. The predicted molar refractivity (Wildman–Crippen MR) is 73.9 cm³/mol.